The van der Waals surface area contributed by atoms with E-state index in [-0.39, 0.29) is 24.1 Å². The predicted molar refractivity (Wildman–Crippen MR) is 143 cm³/mol. The molecule has 3 aliphatic rings. The molecule has 38 heavy (non-hydrogen) atoms. The zero-order chi connectivity index (χ0) is 27.2. The van der Waals surface area contributed by atoms with E-state index in [1.165, 1.54) is 10.1 Å². The third kappa shape index (κ3) is 5.23. The Balaban J connectivity index is 1.22. The maximum Gasteiger partial charge on any atom is 0.410 e. The first-order chi connectivity index (χ1) is 18.0. The number of fused-ring (bicyclic) bond motifs is 1. The van der Waals surface area contributed by atoms with Crippen molar-refractivity contribution in [3.05, 3.63) is 34.2 Å². The quantitative estimate of drug-likeness (QED) is 0.618. The number of ether oxygens (including phenoxy) is 1. The van der Waals surface area contributed by atoms with Crippen LogP contribution in [0.5, 0.6) is 0 Å². The first-order valence-corrected chi connectivity index (χ1v) is 13.8. The van der Waals surface area contributed by atoms with Gasteiger partial charge >= 0.3 is 11.8 Å². The molecule has 2 aromatic rings. The van der Waals surface area contributed by atoms with Gasteiger partial charge in [0.1, 0.15) is 11.6 Å². The average Bonchev–Trinajstić information content (AvgIpc) is 3.12. The van der Waals surface area contributed by atoms with Gasteiger partial charge in [-0.1, -0.05) is 6.07 Å². The third-order valence-corrected chi connectivity index (χ3v) is 8.29. The number of hydrogen-bond donors (Lipinski definition) is 1. The Morgan fingerprint density at radius 3 is 2.26 bits per heavy atom. The van der Waals surface area contributed by atoms with E-state index in [1.807, 2.05) is 31.7 Å². The van der Waals surface area contributed by atoms with Crippen LogP contribution < -0.4 is 11.0 Å². The number of piperidine rings is 1. The van der Waals surface area contributed by atoms with E-state index in [1.54, 1.807) is 11.6 Å². The zero-order valence-electron chi connectivity index (χ0n) is 22.9. The van der Waals surface area contributed by atoms with E-state index in [9.17, 15) is 19.2 Å². The number of piperazine rings is 1. The lowest BCUT2D eigenvalue weighted by Crippen LogP contribution is -2.53. The van der Waals surface area contributed by atoms with E-state index < -0.39 is 17.6 Å². The van der Waals surface area contributed by atoms with Gasteiger partial charge in [-0.05, 0) is 76.5 Å². The summed E-state index contributed by atoms with van der Waals surface area (Å²) >= 11 is 0. The van der Waals surface area contributed by atoms with Crippen molar-refractivity contribution in [2.24, 2.45) is 7.05 Å². The van der Waals surface area contributed by atoms with Gasteiger partial charge in [0.2, 0.25) is 11.8 Å². The fourth-order valence-corrected chi connectivity index (χ4v) is 6.23. The molecule has 1 atom stereocenters. The van der Waals surface area contributed by atoms with Crippen LogP contribution in [-0.4, -0.2) is 74.7 Å². The summed E-state index contributed by atoms with van der Waals surface area (Å²) in [4.78, 5) is 53.8. The summed E-state index contributed by atoms with van der Waals surface area (Å²) in [6.07, 6.45) is 4.70. The molecule has 10 heteroatoms. The van der Waals surface area contributed by atoms with E-state index in [0.717, 1.165) is 49.8 Å². The molecular weight excluding hydrogens is 486 g/mol. The molecule has 1 aromatic heterocycles. The second kappa shape index (κ2) is 10.2. The molecule has 3 heterocycles. The molecule has 1 aliphatic carbocycles. The maximum atomic E-state index is 13.1. The topological polar surface area (TPSA) is 106 Å². The summed E-state index contributed by atoms with van der Waals surface area (Å²) in [5, 5.41) is 2.36. The highest BCUT2D eigenvalue weighted by Crippen LogP contribution is 2.36. The van der Waals surface area contributed by atoms with Gasteiger partial charge in [-0.2, -0.15) is 0 Å². The number of imide groups is 1. The number of imidazole rings is 1. The summed E-state index contributed by atoms with van der Waals surface area (Å²) in [6, 6.07) is 6.01. The average molecular weight is 526 g/mol. The van der Waals surface area contributed by atoms with Crippen LogP contribution in [0.15, 0.2) is 23.0 Å². The fourth-order valence-electron chi connectivity index (χ4n) is 6.23. The molecule has 2 aliphatic heterocycles. The predicted octanol–water partition coefficient (Wildman–Crippen LogP) is 2.90. The molecule has 5 rings (SSSR count). The first kappa shape index (κ1) is 26.5. The van der Waals surface area contributed by atoms with Crippen LogP contribution in [0.3, 0.4) is 0 Å². The molecule has 1 saturated carbocycles. The molecule has 10 nitrogen and oxygen atoms in total. The van der Waals surface area contributed by atoms with E-state index in [4.69, 9.17) is 4.74 Å². The number of hydrogen-bond acceptors (Lipinski definition) is 6. The van der Waals surface area contributed by atoms with Crippen LogP contribution in [0, 0.1) is 0 Å². The van der Waals surface area contributed by atoms with Crippen LogP contribution in [0.2, 0.25) is 0 Å². The standard InChI is InChI=1S/C28H39N5O5/c1-28(2,3)38-27(37)32-15-13-31(14-16-32)20-8-5-18(6-9-20)19-7-10-21-23(17-19)30(4)26(36)33(21)22-11-12-24(34)29-25(22)35/h7,10,17-18,20,22H,5-6,8-9,11-16H2,1-4H3,(H,29,34,35). The number of carbonyl (C=O) groups excluding carboxylic acids is 3. The summed E-state index contributed by atoms with van der Waals surface area (Å²) in [5.74, 6) is -0.278. The number of carbonyl (C=O) groups is 3. The molecule has 0 spiro atoms. The van der Waals surface area contributed by atoms with Crippen molar-refractivity contribution in [1.29, 1.82) is 0 Å². The molecule has 1 N–H and O–H groups in total. The van der Waals surface area contributed by atoms with Gasteiger partial charge in [0.25, 0.3) is 0 Å². The van der Waals surface area contributed by atoms with E-state index in [0.29, 0.717) is 31.5 Å². The molecule has 1 unspecified atom stereocenters. The number of nitrogens with one attached hydrogen (secondary N) is 1. The normalized spacial score (nSPS) is 25.5. The maximum absolute atomic E-state index is 13.1. The molecule has 1 aromatic carbocycles. The number of nitrogens with zero attached hydrogens (tertiary/aromatic N) is 4. The summed E-state index contributed by atoms with van der Waals surface area (Å²) in [7, 11) is 1.74. The lowest BCUT2D eigenvalue weighted by molar-refractivity contribution is -0.135. The minimum Gasteiger partial charge on any atom is -0.444 e. The zero-order valence-corrected chi connectivity index (χ0v) is 22.9. The number of amides is 3. The van der Waals surface area contributed by atoms with Gasteiger partial charge in [0.15, 0.2) is 0 Å². The number of rotatable bonds is 3. The largest absolute Gasteiger partial charge is 0.444 e. The Kier molecular flexibility index (Phi) is 7.11. The summed E-state index contributed by atoms with van der Waals surface area (Å²) in [6.45, 7) is 8.82. The Labute approximate surface area is 222 Å². The molecule has 2 saturated heterocycles. The Hall–Kier alpha value is -3.14. The number of aromatic nitrogens is 2. The van der Waals surface area contributed by atoms with Crippen LogP contribution in [0.1, 0.15) is 76.8 Å². The number of benzene rings is 1. The minimum absolute atomic E-state index is 0.225. The second-order valence-electron chi connectivity index (χ2n) is 11.9. The van der Waals surface area contributed by atoms with Crippen LogP contribution in [0.25, 0.3) is 11.0 Å². The molecule has 0 bridgehead atoms. The summed E-state index contributed by atoms with van der Waals surface area (Å²) < 4.78 is 8.67. The fraction of sp³-hybridized carbons (Fsp3) is 0.643. The lowest BCUT2D eigenvalue weighted by atomic mass is 9.81. The van der Waals surface area contributed by atoms with Gasteiger partial charge in [0.05, 0.1) is 11.0 Å². The second-order valence-corrected chi connectivity index (χ2v) is 11.9. The smallest absolute Gasteiger partial charge is 0.410 e. The van der Waals surface area contributed by atoms with Crippen molar-refractivity contribution in [2.75, 3.05) is 26.2 Å². The van der Waals surface area contributed by atoms with E-state index in [2.05, 4.69) is 22.3 Å². The van der Waals surface area contributed by atoms with Crippen molar-refractivity contribution in [1.82, 2.24) is 24.3 Å². The third-order valence-electron chi connectivity index (χ3n) is 8.29. The van der Waals surface area contributed by atoms with Crippen LogP contribution in [-0.2, 0) is 21.4 Å². The summed E-state index contributed by atoms with van der Waals surface area (Å²) in [5.41, 5.74) is 2.06. The van der Waals surface area contributed by atoms with Crippen molar-refractivity contribution < 1.29 is 19.1 Å². The lowest BCUT2D eigenvalue weighted by Gasteiger charge is -2.42. The Morgan fingerprint density at radius 2 is 1.63 bits per heavy atom. The van der Waals surface area contributed by atoms with Crippen LogP contribution in [0.4, 0.5) is 4.79 Å². The minimum atomic E-state index is -0.666. The van der Waals surface area contributed by atoms with Crippen molar-refractivity contribution in [2.45, 2.75) is 82.9 Å². The highest BCUT2D eigenvalue weighted by molar-refractivity contribution is 6.00. The van der Waals surface area contributed by atoms with Crippen molar-refractivity contribution in [3.63, 3.8) is 0 Å². The van der Waals surface area contributed by atoms with Gasteiger partial charge in [-0.25, -0.2) is 9.59 Å². The van der Waals surface area contributed by atoms with Crippen molar-refractivity contribution in [3.8, 4) is 0 Å². The van der Waals surface area contributed by atoms with Crippen molar-refractivity contribution >= 4 is 28.9 Å². The molecule has 0 radical (unpaired) electrons. The molecule has 3 amide bonds. The first-order valence-electron chi connectivity index (χ1n) is 13.8. The molecule has 206 valence electrons. The van der Waals surface area contributed by atoms with Gasteiger partial charge in [0, 0.05) is 45.7 Å². The van der Waals surface area contributed by atoms with E-state index >= 15 is 0 Å². The molecule has 3 fully saturated rings. The molecular formula is C28H39N5O5. The van der Waals surface area contributed by atoms with Gasteiger partial charge in [-0.3, -0.25) is 28.9 Å². The van der Waals surface area contributed by atoms with Gasteiger partial charge < -0.3 is 9.64 Å². The highest BCUT2D eigenvalue weighted by Gasteiger charge is 2.33. The monoisotopic (exact) mass is 525 g/mol. The number of aryl methyl sites for hydroxylation is 1. The SMILES string of the molecule is Cn1c(=O)n(C2CCC(=O)NC2=O)c2ccc(C3CCC(N4CCN(C(=O)OC(C)(C)C)CC4)CC3)cc21. The van der Waals surface area contributed by atoms with Crippen LogP contribution >= 0.6 is 0 Å². The Bertz CT molecular complexity index is 1290. The van der Waals surface area contributed by atoms with Gasteiger partial charge in [-0.15, -0.1) is 0 Å². The highest BCUT2D eigenvalue weighted by atomic mass is 16.6. The Morgan fingerprint density at radius 1 is 0.947 bits per heavy atom.